The van der Waals surface area contributed by atoms with Crippen molar-refractivity contribution >= 4 is 0 Å². The SMILES string of the molecule is CCCNCc1cc(COCc2ccccc2)c(C)o1. The lowest BCUT2D eigenvalue weighted by Gasteiger charge is -2.03. The summed E-state index contributed by atoms with van der Waals surface area (Å²) in [7, 11) is 0. The minimum Gasteiger partial charge on any atom is -0.465 e. The normalized spacial score (nSPS) is 10.9. The molecule has 0 aliphatic carbocycles. The van der Waals surface area contributed by atoms with Crippen LogP contribution >= 0.6 is 0 Å². The van der Waals surface area contributed by atoms with Gasteiger partial charge in [-0.15, -0.1) is 0 Å². The highest BCUT2D eigenvalue weighted by Crippen LogP contribution is 2.16. The Kier molecular flexibility index (Phi) is 5.84. The molecule has 0 saturated heterocycles. The molecule has 20 heavy (non-hydrogen) atoms. The summed E-state index contributed by atoms with van der Waals surface area (Å²) in [4.78, 5) is 0. The van der Waals surface area contributed by atoms with Crippen molar-refractivity contribution in [3.63, 3.8) is 0 Å². The molecule has 108 valence electrons. The summed E-state index contributed by atoms with van der Waals surface area (Å²) in [5.74, 6) is 1.93. The quantitative estimate of drug-likeness (QED) is 0.743. The van der Waals surface area contributed by atoms with Crippen molar-refractivity contribution in [1.29, 1.82) is 0 Å². The lowest BCUT2D eigenvalue weighted by atomic mass is 10.2. The summed E-state index contributed by atoms with van der Waals surface area (Å²) in [5.41, 5.74) is 2.33. The molecule has 0 unspecified atom stereocenters. The first-order valence-corrected chi connectivity index (χ1v) is 7.20. The Bertz CT molecular complexity index is 505. The van der Waals surface area contributed by atoms with Crippen LogP contribution in [-0.2, 0) is 24.5 Å². The zero-order valence-corrected chi connectivity index (χ0v) is 12.3. The van der Waals surface area contributed by atoms with E-state index in [4.69, 9.17) is 9.15 Å². The van der Waals surface area contributed by atoms with Gasteiger partial charge in [0.15, 0.2) is 0 Å². The molecule has 1 N–H and O–H groups in total. The molecule has 0 radical (unpaired) electrons. The van der Waals surface area contributed by atoms with Crippen LogP contribution in [0, 0.1) is 6.92 Å². The number of nitrogens with one attached hydrogen (secondary N) is 1. The second kappa shape index (κ2) is 7.88. The Balaban J connectivity index is 1.80. The zero-order chi connectivity index (χ0) is 14.2. The van der Waals surface area contributed by atoms with E-state index in [0.717, 1.165) is 36.6 Å². The Hall–Kier alpha value is -1.58. The van der Waals surface area contributed by atoms with Crippen molar-refractivity contribution in [2.75, 3.05) is 6.54 Å². The minimum absolute atomic E-state index is 0.595. The Morgan fingerprint density at radius 3 is 2.70 bits per heavy atom. The van der Waals surface area contributed by atoms with Gasteiger partial charge in [0.1, 0.15) is 11.5 Å². The number of benzene rings is 1. The molecule has 0 bridgehead atoms. The van der Waals surface area contributed by atoms with Crippen LogP contribution < -0.4 is 5.32 Å². The van der Waals surface area contributed by atoms with Gasteiger partial charge in [-0.1, -0.05) is 37.3 Å². The van der Waals surface area contributed by atoms with E-state index >= 15 is 0 Å². The first-order valence-electron chi connectivity index (χ1n) is 7.20. The maximum absolute atomic E-state index is 5.75. The van der Waals surface area contributed by atoms with Crippen molar-refractivity contribution in [3.8, 4) is 0 Å². The van der Waals surface area contributed by atoms with E-state index in [1.54, 1.807) is 0 Å². The summed E-state index contributed by atoms with van der Waals surface area (Å²) in [6.07, 6.45) is 1.13. The fraction of sp³-hybridized carbons (Fsp3) is 0.412. The highest BCUT2D eigenvalue weighted by atomic mass is 16.5. The van der Waals surface area contributed by atoms with Gasteiger partial charge in [-0.05, 0) is 31.5 Å². The molecule has 0 aliphatic rings. The molecule has 2 rings (SSSR count). The number of hydrogen-bond acceptors (Lipinski definition) is 3. The molecule has 0 aliphatic heterocycles. The monoisotopic (exact) mass is 273 g/mol. The molecule has 0 amide bonds. The van der Waals surface area contributed by atoms with E-state index < -0.39 is 0 Å². The average Bonchev–Trinajstić information content (AvgIpc) is 2.81. The lowest BCUT2D eigenvalue weighted by molar-refractivity contribution is 0.106. The van der Waals surface area contributed by atoms with Crippen LogP contribution in [0.3, 0.4) is 0 Å². The first-order chi connectivity index (χ1) is 9.79. The van der Waals surface area contributed by atoms with Crippen LogP contribution in [0.25, 0.3) is 0 Å². The third-order valence-corrected chi connectivity index (χ3v) is 3.17. The van der Waals surface area contributed by atoms with Crippen molar-refractivity contribution in [3.05, 3.63) is 59.0 Å². The number of rotatable bonds is 8. The van der Waals surface area contributed by atoms with Crippen molar-refractivity contribution in [2.45, 2.75) is 40.0 Å². The summed E-state index contributed by atoms with van der Waals surface area (Å²) in [6.45, 7) is 7.17. The van der Waals surface area contributed by atoms with Crippen LogP contribution in [0.5, 0.6) is 0 Å². The van der Waals surface area contributed by atoms with Crippen LogP contribution in [0.2, 0.25) is 0 Å². The summed E-state index contributed by atoms with van der Waals surface area (Å²) >= 11 is 0. The molecule has 0 fully saturated rings. The van der Waals surface area contributed by atoms with Gasteiger partial charge in [-0.3, -0.25) is 0 Å². The minimum atomic E-state index is 0.595. The molecular weight excluding hydrogens is 250 g/mol. The van der Waals surface area contributed by atoms with Gasteiger partial charge in [0.2, 0.25) is 0 Å². The van der Waals surface area contributed by atoms with E-state index in [1.807, 2.05) is 25.1 Å². The van der Waals surface area contributed by atoms with Crippen LogP contribution in [0.4, 0.5) is 0 Å². The molecule has 0 saturated carbocycles. The molecule has 3 heteroatoms. The maximum Gasteiger partial charge on any atom is 0.118 e. The Morgan fingerprint density at radius 1 is 1.15 bits per heavy atom. The Morgan fingerprint density at radius 2 is 1.95 bits per heavy atom. The molecule has 1 heterocycles. The number of ether oxygens (including phenoxy) is 1. The first kappa shape index (κ1) is 14.8. The van der Waals surface area contributed by atoms with Gasteiger partial charge < -0.3 is 14.5 Å². The topological polar surface area (TPSA) is 34.4 Å². The van der Waals surface area contributed by atoms with E-state index in [1.165, 1.54) is 5.56 Å². The predicted molar refractivity (Wildman–Crippen MR) is 80.4 cm³/mol. The summed E-state index contributed by atoms with van der Waals surface area (Å²) in [6, 6.07) is 12.3. The van der Waals surface area contributed by atoms with Crippen LogP contribution in [0.1, 0.15) is 36.0 Å². The number of aryl methyl sites for hydroxylation is 1. The predicted octanol–water partition coefficient (Wildman–Crippen LogP) is 3.80. The number of hydrogen-bond donors (Lipinski definition) is 1. The Labute approximate surface area is 121 Å². The molecule has 3 nitrogen and oxygen atoms in total. The third kappa shape index (κ3) is 4.51. The summed E-state index contributed by atoms with van der Waals surface area (Å²) < 4.78 is 11.5. The summed E-state index contributed by atoms with van der Waals surface area (Å²) in [5, 5.41) is 3.34. The molecule has 0 spiro atoms. The highest BCUT2D eigenvalue weighted by Gasteiger charge is 2.07. The largest absolute Gasteiger partial charge is 0.465 e. The van der Waals surface area contributed by atoms with Gasteiger partial charge in [-0.25, -0.2) is 0 Å². The smallest absolute Gasteiger partial charge is 0.118 e. The van der Waals surface area contributed by atoms with E-state index in [-0.39, 0.29) is 0 Å². The fourth-order valence-electron chi connectivity index (χ4n) is 2.06. The van der Waals surface area contributed by atoms with Crippen LogP contribution in [-0.4, -0.2) is 6.54 Å². The molecule has 0 atom stereocenters. The van der Waals surface area contributed by atoms with Gasteiger partial charge in [0.05, 0.1) is 19.8 Å². The molecule has 1 aromatic carbocycles. The van der Waals surface area contributed by atoms with E-state index in [0.29, 0.717) is 13.2 Å². The van der Waals surface area contributed by atoms with Gasteiger partial charge in [-0.2, -0.15) is 0 Å². The van der Waals surface area contributed by atoms with Gasteiger partial charge in [0.25, 0.3) is 0 Å². The average molecular weight is 273 g/mol. The maximum atomic E-state index is 5.75. The zero-order valence-electron chi connectivity index (χ0n) is 12.3. The number of furan rings is 1. The van der Waals surface area contributed by atoms with Crippen molar-refractivity contribution in [2.24, 2.45) is 0 Å². The third-order valence-electron chi connectivity index (χ3n) is 3.17. The second-order valence-corrected chi connectivity index (χ2v) is 4.95. The van der Waals surface area contributed by atoms with E-state index in [9.17, 15) is 0 Å². The lowest BCUT2D eigenvalue weighted by Crippen LogP contribution is -2.13. The van der Waals surface area contributed by atoms with Crippen molar-refractivity contribution in [1.82, 2.24) is 5.32 Å². The standard InChI is InChI=1S/C17H23NO2/c1-3-9-18-11-17-10-16(14(2)20-17)13-19-12-15-7-5-4-6-8-15/h4-8,10,18H,3,9,11-13H2,1-2H3. The van der Waals surface area contributed by atoms with Gasteiger partial charge >= 0.3 is 0 Å². The molecule has 1 aromatic heterocycles. The highest BCUT2D eigenvalue weighted by molar-refractivity contribution is 5.20. The van der Waals surface area contributed by atoms with Crippen LogP contribution in [0.15, 0.2) is 40.8 Å². The van der Waals surface area contributed by atoms with Gasteiger partial charge in [0, 0.05) is 5.56 Å². The van der Waals surface area contributed by atoms with Crippen molar-refractivity contribution < 1.29 is 9.15 Å². The van der Waals surface area contributed by atoms with E-state index in [2.05, 4.69) is 30.4 Å². The molecular formula is C17H23NO2. The fourth-order valence-corrected chi connectivity index (χ4v) is 2.06. The molecule has 2 aromatic rings. The second-order valence-electron chi connectivity index (χ2n) is 4.95.